The fraction of sp³-hybridized carbons (Fsp3) is 0.100. The highest BCUT2D eigenvalue weighted by Crippen LogP contribution is 2.21. The smallest absolute Gasteiger partial charge is 0.277 e. The van der Waals surface area contributed by atoms with Gasteiger partial charge in [0.2, 0.25) is 0 Å². The van der Waals surface area contributed by atoms with Crippen LogP contribution >= 0.6 is 11.7 Å². The highest BCUT2D eigenvalue weighted by Gasteiger charge is 2.15. The van der Waals surface area contributed by atoms with Crippen LogP contribution in [0.25, 0.3) is 0 Å². The Kier molecular flexibility index (Phi) is 3.01. The number of carbonyl (C=O) groups excluding carboxylic acids is 1. The van der Waals surface area contributed by atoms with Crippen molar-refractivity contribution >= 4 is 29.0 Å². The summed E-state index contributed by atoms with van der Waals surface area (Å²) >= 11 is 0.946. The summed E-state index contributed by atoms with van der Waals surface area (Å²) in [4.78, 5) is 11.8. The van der Waals surface area contributed by atoms with Gasteiger partial charge in [-0.05, 0) is 19.1 Å². The normalized spacial score (nSPS) is 10.2. The monoisotopic (exact) mass is 252 g/mol. The summed E-state index contributed by atoms with van der Waals surface area (Å²) in [5, 5.41) is 2.49. The number of aryl methyl sites for hydroxylation is 1. The van der Waals surface area contributed by atoms with Gasteiger partial charge in [-0.15, -0.1) is 0 Å². The van der Waals surface area contributed by atoms with Gasteiger partial charge in [-0.2, -0.15) is 8.75 Å². The third kappa shape index (κ3) is 2.23. The minimum absolute atomic E-state index is 0.0957. The van der Waals surface area contributed by atoms with E-state index in [4.69, 9.17) is 5.73 Å². The van der Waals surface area contributed by atoms with Gasteiger partial charge in [-0.3, -0.25) is 4.79 Å². The zero-order chi connectivity index (χ0) is 12.4. The molecule has 1 aromatic heterocycles. The van der Waals surface area contributed by atoms with E-state index in [0.29, 0.717) is 5.69 Å². The average Bonchev–Trinajstić information content (AvgIpc) is 2.71. The molecule has 1 aromatic carbocycles. The van der Waals surface area contributed by atoms with E-state index in [0.717, 1.165) is 11.7 Å². The lowest BCUT2D eigenvalue weighted by Crippen LogP contribution is -2.15. The topological polar surface area (TPSA) is 80.9 Å². The van der Waals surface area contributed by atoms with Gasteiger partial charge in [-0.25, -0.2) is 4.39 Å². The molecule has 0 saturated heterocycles. The number of amides is 1. The van der Waals surface area contributed by atoms with Crippen molar-refractivity contribution in [3.8, 4) is 0 Å². The first kappa shape index (κ1) is 11.5. The number of halogens is 1. The Morgan fingerprint density at radius 3 is 2.88 bits per heavy atom. The van der Waals surface area contributed by atoms with Gasteiger partial charge in [-0.1, -0.05) is 6.07 Å². The summed E-state index contributed by atoms with van der Waals surface area (Å²) < 4.78 is 20.9. The summed E-state index contributed by atoms with van der Waals surface area (Å²) in [5.74, 6) is -1.02. The Labute approximate surface area is 101 Å². The number of hydrogen-bond donors (Lipinski definition) is 2. The van der Waals surface area contributed by atoms with Gasteiger partial charge < -0.3 is 11.1 Å². The molecule has 1 amide bonds. The van der Waals surface area contributed by atoms with Gasteiger partial charge in [0.05, 0.1) is 28.8 Å². The zero-order valence-corrected chi connectivity index (χ0v) is 9.71. The number of aromatic nitrogens is 2. The second kappa shape index (κ2) is 4.46. The van der Waals surface area contributed by atoms with E-state index in [-0.39, 0.29) is 17.1 Å². The van der Waals surface area contributed by atoms with Crippen molar-refractivity contribution in [3.05, 3.63) is 35.4 Å². The van der Waals surface area contributed by atoms with Gasteiger partial charge in [0.1, 0.15) is 5.82 Å². The minimum atomic E-state index is -0.573. The van der Waals surface area contributed by atoms with Crippen LogP contribution in [0.1, 0.15) is 16.2 Å². The fourth-order valence-corrected chi connectivity index (χ4v) is 1.81. The third-order valence-corrected chi connectivity index (χ3v) is 2.79. The Hall–Kier alpha value is -2.02. The molecule has 0 aliphatic heterocycles. The second-order valence-electron chi connectivity index (χ2n) is 3.35. The average molecular weight is 252 g/mol. The molecule has 0 bridgehead atoms. The van der Waals surface area contributed by atoms with Gasteiger partial charge in [0.25, 0.3) is 5.91 Å². The van der Waals surface area contributed by atoms with Crippen LogP contribution in [0.2, 0.25) is 0 Å². The molecular formula is C10H9FN4OS. The Morgan fingerprint density at radius 1 is 1.47 bits per heavy atom. The highest BCUT2D eigenvalue weighted by atomic mass is 32.1. The van der Waals surface area contributed by atoms with Crippen molar-refractivity contribution in [2.24, 2.45) is 0 Å². The number of nitrogens with one attached hydrogen (secondary N) is 1. The first-order valence-electron chi connectivity index (χ1n) is 4.74. The molecule has 0 unspecified atom stereocenters. The van der Waals surface area contributed by atoms with Gasteiger partial charge in [0, 0.05) is 0 Å². The predicted molar refractivity (Wildman–Crippen MR) is 63.4 cm³/mol. The van der Waals surface area contributed by atoms with Crippen LogP contribution in [0.15, 0.2) is 18.2 Å². The lowest BCUT2D eigenvalue weighted by atomic mass is 10.2. The fourth-order valence-electron chi connectivity index (χ4n) is 1.27. The Morgan fingerprint density at radius 2 is 2.24 bits per heavy atom. The molecule has 7 heteroatoms. The number of nitrogens with two attached hydrogens (primary N) is 1. The summed E-state index contributed by atoms with van der Waals surface area (Å²) in [6.45, 7) is 1.67. The number of anilines is 2. The number of para-hydroxylation sites is 1. The van der Waals surface area contributed by atoms with Crippen LogP contribution in [0.4, 0.5) is 15.8 Å². The summed E-state index contributed by atoms with van der Waals surface area (Å²) in [6.07, 6.45) is 0. The van der Waals surface area contributed by atoms with Crippen LogP contribution in [-0.4, -0.2) is 14.7 Å². The third-order valence-electron chi connectivity index (χ3n) is 2.17. The molecule has 3 N–H and O–H groups in total. The molecule has 0 spiro atoms. The molecule has 0 radical (unpaired) electrons. The minimum Gasteiger partial charge on any atom is -0.395 e. The van der Waals surface area contributed by atoms with Crippen molar-refractivity contribution in [2.75, 3.05) is 11.1 Å². The van der Waals surface area contributed by atoms with E-state index in [2.05, 4.69) is 14.1 Å². The van der Waals surface area contributed by atoms with Crippen LogP contribution in [0.3, 0.4) is 0 Å². The molecule has 2 rings (SSSR count). The Bertz CT molecular complexity index is 569. The lowest BCUT2D eigenvalue weighted by molar-refractivity contribution is 0.102. The molecule has 88 valence electrons. The van der Waals surface area contributed by atoms with Crippen molar-refractivity contribution in [2.45, 2.75) is 6.92 Å². The van der Waals surface area contributed by atoms with E-state index >= 15 is 0 Å². The molecule has 2 aromatic rings. The van der Waals surface area contributed by atoms with E-state index in [1.807, 2.05) is 0 Å². The van der Waals surface area contributed by atoms with E-state index < -0.39 is 11.7 Å². The number of nitrogens with zero attached hydrogens (tertiary/aromatic N) is 2. The highest BCUT2D eigenvalue weighted by molar-refractivity contribution is 6.99. The van der Waals surface area contributed by atoms with Gasteiger partial charge in [0.15, 0.2) is 5.69 Å². The number of rotatable bonds is 2. The number of carbonyl (C=O) groups is 1. The lowest BCUT2D eigenvalue weighted by Gasteiger charge is -2.07. The zero-order valence-electron chi connectivity index (χ0n) is 8.90. The van der Waals surface area contributed by atoms with Crippen molar-refractivity contribution in [3.63, 3.8) is 0 Å². The first-order valence-corrected chi connectivity index (χ1v) is 5.47. The predicted octanol–water partition coefficient (Wildman–Crippen LogP) is 1.82. The van der Waals surface area contributed by atoms with Crippen LogP contribution in [0, 0.1) is 12.7 Å². The molecular weight excluding hydrogens is 243 g/mol. The van der Waals surface area contributed by atoms with Crippen LogP contribution in [-0.2, 0) is 0 Å². The summed E-state index contributed by atoms with van der Waals surface area (Å²) in [6, 6.07) is 4.21. The van der Waals surface area contributed by atoms with Crippen molar-refractivity contribution < 1.29 is 9.18 Å². The summed E-state index contributed by atoms with van der Waals surface area (Å²) in [7, 11) is 0. The molecule has 0 atom stereocenters. The number of benzene rings is 1. The number of hydrogen-bond acceptors (Lipinski definition) is 5. The number of nitrogen functional groups attached to an aromatic ring is 1. The maximum absolute atomic E-state index is 13.1. The van der Waals surface area contributed by atoms with Crippen LogP contribution in [0.5, 0.6) is 0 Å². The first-order chi connectivity index (χ1) is 8.09. The molecule has 0 saturated carbocycles. The quantitative estimate of drug-likeness (QED) is 0.799. The molecule has 0 aliphatic rings. The van der Waals surface area contributed by atoms with Crippen molar-refractivity contribution in [1.29, 1.82) is 0 Å². The largest absolute Gasteiger partial charge is 0.395 e. The molecule has 1 heterocycles. The Balaban J connectivity index is 2.25. The van der Waals surface area contributed by atoms with Gasteiger partial charge >= 0.3 is 0 Å². The van der Waals surface area contributed by atoms with E-state index in [1.54, 1.807) is 6.92 Å². The molecule has 0 fully saturated rings. The molecule has 0 aliphatic carbocycles. The molecule has 5 nitrogen and oxygen atoms in total. The van der Waals surface area contributed by atoms with Crippen molar-refractivity contribution in [1.82, 2.24) is 8.75 Å². The maximum Gasteiger partial charge on any atom is 0.277 e. The summed E-state index contributed by atoms with van der Waals surface area (Å²) in [5.41, 5.74) is 6.38. The standard InChI is InChI=1S/C10H9FN4OS/c1-5-9(15-17-14-5)10(16)13-7-4-2-3-6(11)8(7)12/h2-4H,12H2,1H3,(H,13,16). The second-order valence-corrected chi connectivity index (χ2v) is 3.88. The van der Waals surface area contributed by atoms with E-state index in [1.165, 1.54) is 18.2 Å². The maximum atomic E-state index is 13.1. The SMILES string of the molecule is Cc1nsnc1C(=O)Nc1cccc(F)c1N. The molecule has 17 heavy (non-hydrogen) atoms. The van der Waals surface area contributed by atoms with Crippen LogP contribution < -0.4 is 11.1 Å². The van der Waals surface area contributed by atoms with E-state index in [9.17, 15) is 9.18 Å².